The summed E-state index contributed by atoms with van der Waals surface area (Å²) < 4.78 is 0. The van der Waals surface area contributed by atoms with Gasteiger partial charge in [0.1, 0.15) is 0 Å². The van der Waals surface area contributed by atoms with E-state index in [9.17, 15) is 0 Å². The Labute approximate surface area is 163 Å². The maximum Gasteiger partial charge on any atom is 0.0449 e. The molecule has 0 heterocycles. The van der Waals surface area contributed by atoms with Crippen LogP contribution in [0.15, 0.2) is 78.4 Å². The molecule has 0 radical (unpaired) electrons. The molecule has 134 valence electrons. The van der Waals surface area contributed by atoms with Crippen molar-refractivity contribution >= 4 is 12.6 Å². The molecule has 1 heteroatoms. The molecule has 4 unspecified atom stereocenters. The summed E-state index contributed by atoms with van der Waals surface area (Å²) in [5.74, 6) is 0.929. The number of fused-ring (bicyclic) bond motifs is 3. The van der Waals surface area contributed by atoms with Gasteiger partial charge in [-0.1, -0.05) is 99.5 Å². The zero-order chi connectivity index (χ0) is 18.1. The lowest BCUT2D eigenvalue weighted by atomic mass is 9.62. The van der Waals surface area contributed by atoms with Gasteiger partial charge < -0.3 is 0 Å². The summed E-state index contributed by atoms with van der Waals surface area (Å²) in [6.45, 7) is 4.74. The molecule has 0 N–H and O–H groups in total. The second-order valence-electron chi connectivity index (χ2n) is 7.78. The number of allylic oxidation sites excluding steroid dienone is 3. The van der Waals surface area contributed by atoms with Crippen molar-refractivity contribution in [3.63, 3.8) is 0 Å². The SMILES string of the molecule is CCCCC(C)C1(c2ccccc2)C2=CC=CC(S)C2c2ccccc21. The van der Waals surface area contributed by atoms with Crippen LogP contribution < -0.4 is 0 Å². The summed E-state index contributed by atoms with van der Waals surface area (Å²) in [5, 5.41) is 0.250. The molecule has 0 spiro atoms. The van der Waals surface area contributed by atoms with Crippen LogP contribution >= 0.6 is 12.6 Å². The zero-order valence-electron chi connectivity index (χ0n) is 15.7. The lowest BCUT2D eigenvalue weighted by Gasteiger charge is -2.41. The molecule has 4 rings (SSSR count). The summed E-state index contributed by atoms with van der Waals surface area (Å²) in [6, 6.07) is 20.3. The van der Waals surface area contributed by atoms with E-state index in [-0.39, 0.29) is 10.7 Å². The summed E-state index contributed by atoms with van der Waals surface area (Å²) >= 11 is 4.96. The van der Waals surface area contributed by atoms with Crippen molar-refractivity contribution in [2.75, 3.05) is 0 Å². The quantitative estimate of drug-likeness (QED) is 0.564. The third-order valence-electron chi connectivity index (χ3n) is 6.40. The molecule has 0 saturated heterocycles. The van der Waals surface area contributed by atoms with Crippen molar-refractivity contribution in [1.29, 1.82) is 0 Å². The number of unbranched alkanes of at least 4 members (excludes halogenated alkanes) is 1. The van der Waals surface area contributed by atoms with Gasteiger partial charge in [-0.25, -0.2) is 0 Å². The Balaban J connectivity index is 2.00. The Morgan fingerprint density at radius 3 is 2.54 bits per heavy atom. The van der Waals surface area contributed by atoms with Crippen molar-refractivity contribution in [2.45, 2.75) is 49.7 Å². The number of hydrogen-bond acceptors (Lipinski definition) is 1. The van der Waals surface area contributed by atoms with Crippen molar-refractivity contribution in [3.8, 4) is 0 Å². The van der Waals surface area contributed by atoms with Gasteiger partial charge in [0.05, 0.1) is 0 Å². The summed E-state index contributed by atoms with van der Waals surface area (Å²) in [4.78, 5) is 0. The van der Waals surface area contributed by atoms with Gasteiger partial charge in [0.15, 0.2) is 0 Å². The Morgan fingerprint density at radius 1 is 1.04 bits per heavy atom. The van der Waals surface area contributed by atoms with Gasteiger partial charge in [-0.15, -0.1) is 0 Å². The minimum absolute atomic E-state index is 0.0383. The van der Waals surface area contributed by atoms with Crippen LogP contribution in [0.3, 0.4) is 0 Å². The molecule has 0 bridgehead atoms. The van der Waals surface area contributed by atoms with Crippen LogP contribution in [-0.2, 0) is 5.41 Å². The number of benzene rings is 2. The highest BCUT2D eigenvalue weighted by molar-refractivity contribution is 7.81. The molecule has 0 saturated carbocycles. The lowest BCUT2D eigenvalue weighted by molar-refractivity contribution is 0.363. The molecule has 2 aromatic rings. The Bertz CT molecular complexity index is 832. The minimum atomic E-state index is -0.0383. The molecule has 0 amide bonds. The van der Waals surface area contributed by atoms with Gasteiger partial charge in [0, 0.05) is 16.6 Å². The fourth-order valence-electron chi connectivity index (χ4n) is 5.27. The summed E-state index contributed by atoms with van der Waals surface area (Å²) in [5.41, 5.74) is 5.89. The van der Waals surface area contributed by atoms with Crippen LogP contribution in [0.4, 0.5) is 0 Å². The number of rotatable bonds is 5. The van der Waals surface area contributed by atoms with Gasteiger partial charge in [-0.2, -0.15) is 12.6 Å². The van der Waals surface area contributed by atoms with E-state index < -0.39 is 0 Å². The van der Waals surface area contributed by atoms with Gasteiger partial charge >= 0.3 is 0 Å². The van der Waals surface area contributed by atoms with Gasteiger partial charge in [-0.05, 0) is 34.6 Å². The Kier molecular flexibility index (Phi) is 4.84. The first-order valence-electron chi connectivity index (χ1n) is 9.93. The van der Waals surface area contributed by atoms with Crippen LogP contribution in [0.2, 0.25) is 0 Å². The molecule has 2 aromatic carbocycles. The third kappa shape index (κ3) is 2.52. The molecule has 4 atom stereocenters. The van der Waals surface area contributed by atoms with E-state index in [0.29, 0.717) is 11.8 Å². The smallest absolute Gasteiger partial charge is 0.0449 e. The van der Waals surface area contributed by atoms with Crippen molar-refractivity contribution < 1.29 is 0 Å². The molecule has 2 aliphatic carbocycles. The Morgan fingerprint density at radius 2 is 1.77 bits per heavy atom. The third-order valence-corrected chi connectivity index (χ3v) is 6.87. The van der Waals surface area contributed by atoms with E-state index in [2.05, 4.69) is 86.7 Å². The molecular formula is C25H28S. The monoisotopic (exact) mass is 360 g/mol. The van der Waals surface area contributed by atoms with Crippen LogP contribution in [0.1, 0.15) is 55.7 Å². The van der Waals surface area contributed by atoms with Crippen LogP contribution in [-0.4, -0.2) is 5.25 Å². The van der Waals surface area contributed by atoms with Crippen molar-refractivity contribution in [3.05, 3.63) is 95.1 Å². The topological polar surface area (TPSA) is 0 Å². The number of hydrogen-bond donors (Lipinski definition) is 1. The normalized spacial score (nSPS) is 27.6. The largest absolute Gasteiger partial charge is 0.171 e. The van der Waals surface area contributed by atoms with Gasteiger partial charge in [0.25, 0.3) is 0 Å². The summed E-state index contributed by atoms with van der Waals surface area (Å²) in [7, 11) is 0. The first-order chi connectivity index (χ1) is 12.7. The highest BCUT2D eigenvalue weighted by atomic mass is 32.1. The first-order valence-corrected chi connectivity index (χ1v) is 10.4. The lowest BCUT2D eigenvalue weighted by Crippen LogP contribution is -2.36. The van der Waals surface area contributed by atoms with Crippen molar-refractivity contribution in [2.24, 2.45) is 5.92 Å². The van der Waals surface area contributed by atoms with Gasteiger partial charge in [0.2, 0.25) is 0 Å². The maximum atomic E-state index is 4.96. The van der Waals surface area contributed by atoms with Crippen molar-refractivity contribution in [1.82, 2.24) is 0 Å². The predicted octanol–water partition coefficient (Wildman–Crippen LogP) is 6.69. The average Bonchev–Trinajstić information content (AvgIpc) is 2.99. The average molecular weight is 361 g/mol. The highest BCUT2D eigenvalue weighted by Gasteiger charge is 2.53. The first kappa shape index (κ1) is 17.7. The highest BCUT2D eigenvalue weighted by Crippen LogP contribution is 2.60. The second-order valence-corrected chi connectivity index (χ2v) is 8.38. The fourth-order valence-corrected chi connectivity index (χ4v) is 5.69. The standard InChI is InChI=1S/C25H28S/c1-3-4-11-18(2)25(19-12-6-5-7-13-19)21-15-9-8-14-20(21)24-22(25)16-10-17-23(24)26/h5-10,12-18,23-24,26H,3-4,11H2,1-2H3. The van der Waals surface area contributed by atoms with E-state index in [4.69, 9.17) is 12.6 Å². The summed E-state index contributed by atoms with van der Waals surface area (Å²) in [6.07, 6.45) is 10.6. The molecule has 0 nitrogen and oxygen atoms in total. The van der Waals surface area contributed by atoms with E-state index in [1.54, 1.807) is 0 Å². The minimum Gasteiger partial charge on any atom is -0.171 e. The van der Waals surface area contributed by atoms with Crippen LogP contribution in [0.5, 0.6) is 0 Å². The van der Waals surface area contributed by atoms with E-state index in [1.165, 1.54) is 41.5 Å². The molecule has 26 heavy (non-hydrogen) atoms. The van der Waals surface area contributed by atoms with Gasteiger partial charge in [-0.3, -0.25) is 0 Å². The maximum absolute atomic E-state index is 4.96. The fraction of sp³-hybridized carbons (Fsp3) is 0.360. The Hall–Kier alpha value is -1.73. The molecule has 0 fully saturated rings. The molecule has 2 aliphatic rings. The predicted molar refractivity (Wildman–Crippen MR) is 115 cm³/mol. The van der Waals surface area contributed by atoms with E-state index in [1.807, 2.05) is 0 Å². The number of thiol groups is 1. The van der Waals surface area contributed by atoms with E-state index >= 15 is 0 Å². The second kappa shape index (κ2) is 7.12. The van der Waals surface area contributed by atoms with E-state index in [0.717, 1.165) is 0 Å². The molecule has 0 aromatic heterocycles. The van der Waals surface area contributed by atoms with Crippen LogP contribution in [0.25, 0.3) is 0 Å². The zero-order valence-corrected chi connectivity index (χ0v) is 16.6. The van der Waals surface area contributed by atoms with Crippen LogP contribution in [0, 0.1) is 5.92 Å². The molecular weight excluding hydrogens is 332 g/mol. The molecule has 0 aliphatic heterocycles.